The van der Waals surface area contributed by atoms with Gasteiger partial charge in [-0.05, 0) is 24.3 Å². The van der Waals surface area contributed by atoms with E-state index in [2.05, 4.69) is 15.2 Å². The number of nitrogens with one attached hydrogen (secondary N) is 1. The fraction of sp³-hybridized carbons (Fsp3) is 0.357. The number of rotatable bonds is 1. The molecule has 1 aromatic carbocycles. The molecule has 1 aliphatic heterocycles. The predicted molar refractivity (Wildman–Crippen MR) is 71.8 cm³/mol. The van der Waals surface area contributed by atoms with Gasteiger partial charge in [0, 0.05) is 37.3 Å². The Balaban J connectivity index is 2.06. The van der Waals surface area contributed by atoms with Crippen LogP contribution in [0.25, 0.3) is 10.9 Å². The first kappa shape index (κ1) is 13.2. The van der Waals surface area contributed by atoms with Crippen molar-refractivity contribution in [2.24, 2.45) is 0 Å². The Labute approximate surface area is 114 Å². The van der Waals surface area contributed by atoms with Crippen LogP contribution in [-0.2, 0) is 6.18 Å². The average Bonchev–Trinajstić information content (AvgIpc) is 2.46. The topological polar surface area (TPSA) is 28.2 Å². The number of hydrogen-bond donors (Lipinski definition) is 1. The molecule has 0 amide bonds. The summed E-state index contributed by atoms with van der Waals surface area (Å²) >= 11 is 0. The molecule has 0 saturated carbocycles. The molecule has 0 spiro atoms. The number of piperazine rings is 1. The minimum Gasteiger partial charge on any atom is -0.368 e. The molecule has 0 unspecified atom stereocenters. The molecule has 3 rings (SSSR count). The number of benzene rings is 1. The van der Waals surface area contributed by atoms with E-state index in [9.17, 15) is 13.2 Å². The monoisotopic (exact) mass is 281 g/mol. The van der Waals surface area contributed by atoms with Gasteiger partial charge in [-0.15, -0.1) is 0 Å². The van der Waals surface area contributed by atoms with Crippen molar-refractivity contribution in [2.75, 3.05) is 31.1 Å². The highest BCUT2D eigenvalue weighted by molar-refractivity contribution is 5.92. The molecular weight excluding hydrogens is 267 g/mol. The molecule has 0 aliphatic carbocycles. The molecular formula is C14H14F3N3. The summed E-state index contributed by atoms with van der Waals surface area (Å²) in [5, 5.41) is 4.02. The van der Waals surface area contributed by atoms with Crippen LogP contribution >= 0.6 is 0 Å². The standard InChI is InChI=1S/C14H14F3N3/c15-14(16,17)13-5-4-10-11(19-13)2-1-3-12(10)20-8-6-18-7-9-20/h1-5,18H,6-9H2. The van der Waals surface area contributed by atoms with Crippen molar-refractivity contribution < 1.29 is 13.2 Å². The second-order valence-corrected chi connectivity index (χ2v) is 4.78. The summed E-state index contributed by atoms with van der Waals surface area (Å²) in [6.07, 6.45) is -4.40. The van der Waals surface area contributed by atoms with E-state index in [-0.39, 0.29) is 0 Å². The zero-order chi connectivity index (χ0) is 14.2. The van der Waals surface area contributed by atoms with Crippen LogP contribution in [0.15, 0.2) is 30.3 Å². The first-order valence-electron chi connectivity index (χ1n) is 6.48. The fourth-order valence-electron chi connectivity index (χ4n) is 2.48. The molecule has 1 N–H and O–H groups in total. The number of anilines is 1. The summed E-state index contributed by atoms with van der Waals surface area (Å²) in [6, 6.07) is 7.88. The maximum absolute atomic E-state index is 12.7. The van der Waals surface area contributed by atoms with Gasteiger partial charge in [-0.1, -0.05) is 6.07 Å². The molecule has 6 heteroatoms. The van der Waals surface area contributed by atoms with Gasteiger partial charge in [-0.3, -0.25) is 0 Å². The number of hydrogen-bond acceptors (Lipinski definition) is 3. The maximum Gasteiger partial charge on any atom is 0.433 e. The minimum absolute atomic E-state index is 0.385. The van der Waals surface area contributed by atoms with E-state index in [0.29, 0.717) is 5.52 Å². The van der Waals surface area contributed by atoms with Gasteiger partial charge >= 0.3 is 6.18 Å². The van der Waals surface area contributed by atoms with Gasteiger partial charge in [0.25, 0.3) is 0 Å². The van der Waals surface area contributed by atoms with Gasteiger partial charge in [0.15, 0.2) is 0 Å². The quantitative estimate of drug-likeness (QED) is 0.871. The minimum atomic E-state index is -4.40. The van der Waals surface area contributed by atoms with Crippen LogP contribution in [0, 0.1) is 0 Å². The third kappa shape index (κ3) is 2.43. The third-order valence-corrected chi connectivity index (χ3v) is 3.46. The summed E-state index contributed by atoms with van der Waals surface area (Å²) in [4.78, 5) is 5.91. The van der Waals surface area contributed by atoms with Gasteiger partial charge in [-0.2, -0.15) is 13.2 Å². The Hall–Kier alpha value is -1.82. The molecule has 0 bridgehead atoms. The predicted octanol–water partition coefficient (Wildman–Crippen LogP) is 2.66. The average molecular weight is 281 g/mol. The van der Waals surface area contributed by atoms with E-state index in [1.54, 1.807) is 12.1 Å². The highest BCUT2D eigenvalue weighted by atomic mass is 19.4. The van der Waals surface area contributed by atoms with E-state index < -0.39 is 11.9 Å². The Morgan fingerprint density at radius 2 is 1.80 bits per heavy atom. The van der Waals surface area contributed by atoms with E-state index in [1.165, 1.54) is 6.07 Å². The molecule has 1 saturated heterocycles. The lowest BCUT2D eigenvalue weighted by Gasteiger charge is -2.30. The summed E-state index contributed by atoms with van der Waals surface area (Å²) < 4.78 is 38.1. The summed E-state index contributed by atoms with van der Waals surface area (Å²) in [6.45, 7) is 3.45. The highest BCUT2D eigenvalue weighted by Crippen LogP contribution is 2.32. The Morgan fingerprint density at radius 3 is 2.50 bits per heavy atom. The highest BCUT2D eigenvalue weighted by Gasteiger charge is 2.32. The number of alkyl halides is 3. The van der Waals surface area contributed by atoms with Crippen LogP contribution in [0.3, 0.4) is 0 Å². The van der Waals surface area contributed by atoms with E-state index in [1.807, 2.05) is 6.07 Å². The lowest BCUT2D eigenvalue weighted by Crippen LogP contribution is -2.43. The lowest BCUT2D eigenvalue weighted by atomic mass is 10.1. The van der Waals surface area contributed by atoms with E-state index in [0.717, 1.165) is 43.3 Å². The molecule has 2 aromatic rings. The number of aromatic nitrogens is 1. The summed E-state index contributed by atoms with van der Waals surface area (Å²) in [7, 11) is 0. The van der Waals surface area contributed by atoms with Crippen LogP contribution in [-0.4, -0.2) is 31.2 Å². The van der Waals surface area contributed by atoms with Crippen molar-refractivity contribution in [1.82, 2.24) is 10.3 Å². The van der Waals surface area contributed by atoms with Crippen molar-refractivity contribution in [3.8, 4) is 0 Å². The van der Waals surface area contributed by atoms with Crippen molar-refractivity contribution in [3.63, 3.8) is 0 Å². The molecule has 106 valence electrons. The van der Waals surface area contributed by atoms with Gasteiger partial charge < -0.3 is 10.2 Å². The van der Waals surface area contributed by atoms with Crippen molar-refractivity contribution >= 4 is 16.6 Å². The zero-order valence-corrected chi connectivity index (χ0v) is 10.7. The molecule has 1 fully saturated rings. The first-order valence-corrected chi connectivity index (χ1v) is 6.48. The summed E-state index contributed by atoms with van der Waals surface area (Å²) in [5.41, 5.74) is 0.489. The number of pyridine rings is 1. The second-order valence-electron chi connectivity index (χ2n) is 4.78. The largest absolute Gasteiger partial charge is 0.433 e. The molecule has 1 aromatic heterocycles. The van der Waals surface area contributed by atoms with Crippen molar-refractivity contribution in [2.45, 2.75) is 6.18 Å². The molecule has 0 atom stereocenters. The van der Waals surface area contributed by atoms with E-state index >= 15 is 0 Å². The Kier molecular flexibility index (Phi) is 3.25. The van der Waals surface area contributed by atoms with Gasteiger partial charge in [0.2, 0.25) is 0 Å². The van der Waals surface area contributed by atoms with Gasteiger partial charge in [0.05, 0.1) is 5.52 Å². The second kappa shape index (κ2) is 4.94. The van der Waals surface area contributed by atoms with Gasteiger partial charge in [0.1, 0.15) is 5.69 Å². The number of halogens is 3. The Bertz CT molecular complexity index is 619. The zero-order valence-electron chi connectivity index (χ0n) is 10.7. The maximum atomic E-state index is 12.7. The summed E-state index contributed by atoms with van der Waals surface area (Å²) in [5.74, 6) is 0. The molecule has 2 heterocycles. The van der Waals surface area contributed by atoms with Gasteiger partial charge in [-0.25, -0.2) is 4.98 Å². The van der Waals surface area contributed by atoms with E-state index in [4.69, 9.17) is 0 Å². The molecule has 1 aliphatic rings. The first-order chi connectivity index (χ1) is 9.55. The molecule has 20 heavy (non-hydrogen) atoms. The van der Waals surface area contributed by atoms with Crippen LogP contribution in [0.1, 0.15) is 5.69 Å². The fourth-order valence-corrected chi connectivity index (χ4v) is 2.48. The Morgan fingerprint density at radius 1 is 1.05 bits per heavy atom. The SMILES string of the molecule is FC(F)(F)c1ccc2c(N3CCNCC3)cccc2n1. The molecule has 0 radical (unpaired) electrons. The third-order valence-electron chi connectivity index (χ3n) is 3.46. The molecule has 3 nitrogen and oxygen atoms in total. The normalized spacial score (nSPS) is 16.6. The smallest absolute Gasteiger partial charge is 0.368 e. The number of fused-ring (bicyclic) bond motifs is 1. The van der Waals surface area contributed by atoms with Crippen LogP contribution in [0.4, 0.5) is 18.9 Å². The van der Waals surface area contributed by atoms with Crippen molar-refractivity contribution in [1.29, 1.82) is 0 Å². The lowest BCUT2D eigenvalue weighted by molar-refractivity contribution is -0.140. The number of nitrogens with zero attached hydrogens (tertiary/aromatic N) is 2. The van der Waals surface area contributed by atoms with Crippen LogP contribution in [0.2, 0.25) is 0 Å². The van der Waals surface area contributed by atoms with Crippen molar-refractivity contribution in [3.05, 3.63) is 36.0 Å². The van der Waals surface area contributed by atoms with Crippen LogP contribution in [0.5, 0.6) is 0 Å². The van der Waals surface area contributed by atoms with Crippen LogP contribution < -0.4 is 10.2 Å².